The second-order valence-electron chi connectivity index (χ2n) is 17.5. The number of furan rings is 1. The summed E-state index contributed by atoms with van der Waals surface area (Å²) in [6.07, 6.45) is 0. The number of aromatic nitrogens is 1. The van der Waals surface area contributed by atoms with Crippen LogP contribution in [-0.2, 0) is 5.41 Å². The van der Waals surface area contributed by atoms with Gasteiger partial charge in [0, 0.05) is 59.6 Å². The maximum absolute atomic E-state index is 6.44. The Labute approximate surface area is 378 Å². The highest BCUT2D eigenvalue weighted by molar-refractivity contribution is 7.26. The van der Waals surface area contributed by atoms with Crippen LogP contribution in [0, 0.1) is 0 Å². The molecule has 13 aromatic rings. The van der Waals surface area contributed by atoms with Gasteiger partial charge >= 0.3 is 0 Å². The van der Waals surface area contributed by atoms with Crippen LogP contribution in [-0.4, -0.2) is 4.57 Å². The molecule has 2 aliphatic carbocycles. The SMILES string of the molecule is c1ccc(-n2c3ccc(N(c4ccc5oc6ccccc6c5c4)c4cccc5c4-c4ccccc4C54c5ccccc5-c5ccccc54)cc3c3ccc4c5ccccc5sc4c32)cc1. The first kappa shape index (κ1) is 35.3. The standard InChI is InChI=1S/C61H36N2OS/c1-2-15-37(16-3-1)63-53-33-29-38(35-47(53)44-31-32-45-43-20-8-13-28-57(43)65-60(45)59(44)63)62(39-30-34-56-48(36-39)42-19-7-12-27-55(42)64-56)54-26-14-25-52-58(54)46-21-6-11-24-51(46)61(52)49-22-9-4-17-40(49)41-18-5-10-23-50(41)61/h1-36H. The number of rotatable bonds is 4. The van der Waals surface area contributed by atoms with E-state index in [2.05, 4.69) is 222 Å². The van der Waals surface area contributed by atoms with Crippen molar-refractivity contribution in [3.63, 3.8) is 0 Å². The number of hydrogen-bond acceptors (Lipinski definition) is 3. The lowest BCUT2D eigenvalue weighted by molar-refractivity contribution is 0.669. The molecule has 0 atom stereocenters. The lowest BCUT2D eigenvalue weighted by Crippen LogP contribution is -2.26. The third kappa shape index (κ3) is 4.58. The molecule has 65 heavy (non-hydrogen) atoms. The van der Waals surface area contributed by atoms with Gasteiger partial charge in [-0.3, -0.25) is 0 Å². The molecule has 0 aliphatic heterocycles. The molecule has 3 nitrogen and oxygen atoms in total. The number of anilines is 3. The summed E-state index contributed by atoms with van der Waals surface area (Å²) in [5.41, 5.74) is 18.6. The molecule has 10 aromatic carbocycles. The minimum atomic E-state index is -0.464. The Morgan fingerprint density at radius 2 is 1.02 bits per heavy atom. The quantitative estimate of drug-likeness (QED) is 0.176. The van der Waals surface area contributed by atoms with Crippen LogP contribution < -0.4 is 4.90 Å². The smallest absolute Gasteiger partial charge is 0.135 e. The molecular weight excluding hydrogens is 809 g/mol. The fourth-order valence-corrected chi connectivity index (χ4v) is 13.1. The summed E-state index contributed by atoms with van der Waals surface area (Å²) in [7, 11) is 0. The van der Waals surface area contributed by atoms with E-state index in [-0.39, 0.29) is 0 Å². The fraction of sp³-hybridized carbons (Fsp3) is 0.0164. The Morgan fingerprint density at radius 3 is 1.82 bits per heavy atom. The van der Waals surface area contributed by atoms with Crippen molar-refractivity contribution in [2.24, 2.45) is 0 Å². The van der Waals surface area contributed by atoms with E-state index in [1.165, 1.54) is 86.5 Å². The van der Waals surface area contributed by atoms with Gasteiger partial charge in [-0.2, -0.15) is 0 Å². The molecule has 0 fully saturated rings. The lowest BCUT2D eigenvalue weighted by atomic mass is 9.70. The largest absolute Gasteiger partial charge is 0.456 e. The first-order valence-electron chi connectivity index (χ1n) is 22.3. The number of benzene rings is 10. The molecule has 3 aromatic heterocycles. The molecule has 0 unspecified atom stereocenters. The van der Waals surface area contributed by atoms with Crippen molar-refractivity contribution < 1.29 is 4.42 Å². The van der Waals surface area contributed by atoms with Gasteiger partial charge in [0.05, 0.1) is 26.8 Å². The lowest BCUT2D eigenvalue weighted by Gasteiger charge is -2.32. The molecule has 0 bridgehead atoms. The van der Waals surface area contributed by atoms with Crippen molar-refractivity contribution in [1.82, 2.24) is 4.57 Å². The molecule has 1 spiro atoms. The molecule has 2 aliphatic rings. The summed E-state index contributed by atoms with van der Waals surface area (Å²) in [5.74, 6) is 0. The first-order valence-corrected chi connectivity index (χ1v) is 23.2. The van der Waals surface area contributed by atoms with E-state index in [9.17, 15) is 0 Å². The first-order chi connectivity index (χ1) is 32.3. The Hall–Kier alpha value is -8.18. The number of thiophene rings is 1. The number of fused-ring (bicyclic) bond motifs is 20. The second kappa shape index (κ2) is 12.9. The molecule has 15 rings (SSSR count). The van der Waals surface area contributed by atoms with Crippen molar-refractivity contribution >= 4 is 92.3 Å². The zero-order valence-electron chi connectivity index (χ0n) is 35.0. The van der Waals surface area contributed by atoms with Crippen LogP contribution in [0.3, 0.4) is 0 Å². The highest BCUT2D eigenvalue weighted by atomic mass is 32.1. The monoisotopic (exact) mass is 844 g/mol. The van der Waals surface area contributed by atoms with E-state index in [1.54, 1.807) is 0 Å². The summed E-state index contributed by atoms with van der Waals surface area (Å²) in [4.78, 5) is 2.51. The Morgan fingerprint density at radius 1 is 0.415 bits per heavy atom. The highest BCUT2D eigenvalue weighted by Crippen LogP contribution is 2.64. The predicted octanol–water partition coefficient (Wildman–Crippen LogP) is 16.9. The summed E-state index contributed by atoms with van der Waals surface area (Å²) in [6.45, 7) is 0. The van der Waals surface area contributed by atoms with E-state index >= 15 is 0 Å². The van der Waals surface area contributed by atoms with Crippen molar-refractivity contribution in [3.8, 4) is 27.9 Å². The topological polar surface area (TPSA) is 21.3 Å². The average molecular weight is 845 g/mol. The van der Waals surface area contributed by atoms with E-state index < -0.39 is 5.41 Å². The van der Waals surface area contributed by atoms with Gasteiger partial charge in [-0.05, 0) is 106 Å². The van der Waals surface area contributed by atoms with Crippen molar-refractivity contribution in [3.05, 3.63) is 241 Å². The summed E-state index contributed by atoms with van der Waals surface area (Å²) < 4.78 is 11.5. The Kier molecular flexibility index (Phi) is 7.03. The maximum atomic E-state index is 6.44. The van der Waals surface area contributed by atoms with Crippen LogP contribution >= 0.6 is 11.3 Å². The molecule has 0 N–H and O–H groups in total. The van der Waals surface area contributed by atoms with Crippen LogP contribution in [0.1, 0.15) is 22.3 Å². The van der Waals surface area contributed by atoms with Crippen molar-refractivity contribution in [2.45, 2.75) is 5.41 Å². The predicted molar refractivity (Wildman–Crippen MR) is 272 cm³/mol. The molecule has 0 saturated carbocycles. The zero-order chi connectivity index (χ0) is 42.4. The molecule has 0 saturated heterocycles. The normalized spacial score (nSPS) is 13.4. The van der Waals surface area contributed by atoms with Gasteiger partial charge in [-0.25, -0.2) is 0 Å². The van der Waals surface area contributed by atoms with E-state index in [4.69, 9.17) is 4.42 Å². The Balaban J connectivity index is 1.05. The molecule has 0 amide bonds. The van der Waals surface area contributed by atoms with Crippen LogP contribution in [0.25, 0.3) is 91.9 Å². The van der Waals surface area contributed by atoms with Gasteiger partial charge < -0.3 is 13.9 Å². The number of hydrogen-bond donors (Lipinski definition) is 0. The van der Waals surface area contributed by atoms with E-state index in [0.29, 0.717) is 0 Å². The van der Waals surface area contributed by atoms with Gasteiger partial charge in [-0.15, -0.1) is 11.3 Å². The third-order valence-corrected chi connectivity index (χ3v) is 15.6. The molecule has 4 heteroatoms. The molecule has 0 radical (unpaired) electrons. The summed E-state index contributed by atoms with van der Waals surface area (Å²) in [6, 6.07) is 80.8. The second-order valence-corrected chi connectivity index (χ2v) is 18.6. The molecular formula is C61H36N2OS. The summed E-state index contributed by atoms with van der Waals surface area (Å²) >= 11 is 1.89. The van der Waals surface area contributed by atoms with Gasteiger partial charge in [0.25, 0.3) is 0 Å². The van der Waals surface area contributed by atoms with Crippen molar-refractivity contribution in [1.29, 1.82) is 0 Å². The van der Waals surface area contributed by atoms with Gasteiger partial charge in [0.2, 0.25) is 0 Å². The number of nitrogens with zero attached hydrogens (tertiary/aromatic N) is 2. The summed E-state index contributed by atoms with van der Waals surface area (Å²) in [5, 5.41) is 7.26. The van der Waals surface area contributed by atoms with Gasteiger partial charge in [0.1, 0.15) is 11.2 Å². The maximum Gasteiger partial charge on any atom is 0.135 e. The van der Waals surface area contributed by atoms with Gasteiger partial charge in [-0.1, -0.05) is 152 Å². The van der Waals surface area contributed by atoms with Crippen molar-refractivity contribution in [2.75, 3.05) is 4.90 Å². The Bertz CT molecular complexity index is 4110. The molecule has 3 heterocycles. The van der Waals surface area contributed by atoms with E-state index in [0.717, 1.165) is 44.7 Å². The van der Waals surface area contributed by atoms with Crippen LogP contribution in [0.2, 0.25) is 0 Å². The molecule has 302 valence electrons. The third-order valence-electron chi connectivity index (χ3n) is 14.4. The van der Waals surface area contributed by atoms with Crippen LogP contribution in [0.4, 0.5) is 17.1 Å². The van der Waals surface area contributed by atoms with Crippen LogP contribution in [0.15, 0.2) is 223 Å². The van der Waals surface area contributed by atoms with E-state index in [1.807, 2.05) is 17.4 Å². The minimum absolute atomic E-state index is 0.464. The zero-order valence-corrected chi connectivity index (χ0v) is 35.8. The van der Waals surface area contributed by atoms with Gasteiger partial charge in [0.15, 0.2) is 0 Å². The number of para-hydroxylation sites is 2. The average Bonchev–Trinajstić information content (AvgIpc) is 4.16. The highest BCUT2D eigenvalue weighted by Gasteiger charge is 2.52. The minimum Gasteiger partial charge on any atom is -0.456 e. The fourth-order valence-electron chi connectivity index (χ4n) is 11.8. The van der Waals surface area contributed by atoms with Crippen LogP contribution in [0.5, 0.6) is 0 Å².